The molecular weight excluding hydrogens is 382 g/mol. The number of carbonyl (C=O) groups is 4. The van der Waals surface area contributed by atoms with Gasteiger partial charge in [0.2, 0.25) is 11.8 Å². The number of benzene rings is 1. The van der Waals surface area contributed by atoms with E-state index in [9.17, 15) is 19.2 Å². The topological polar surface area (TPSA) is 80.8 Å². The van der Waals surface area contributed by atoms with Gasteiger partial charge < -0.3 is 4.74 Å². The Morgan fingerprint density at radius 3 is 2.07 bits per heavy atom. The standard InChI is InChI=1S/C24H27NO5/c26-19(14-4-2-1-3-5-14)13-30-24(29)15-8-10-18(11-9-15)25-22(27)20-16-6-7-17(12-16)21(20)23(25)28/h1-5,15-18,20-21H,6-13H2/t15?,16-,17-,18?,20-,21+/m0/s1. The number of imide groups is 1. The molecule has 3 saturated carbocycles. The molecule has 0 radical (unpaired) electrons. The summed E-state index contributed by atoms with van der Waals surface area (Å²) in [6, 6.07) is 8.69. The van der Waals surface area contributed by atoms with Crippen LogP contribution in [0.15, 0.2) is 30.3 Å². The number of esters is 1. The maximum absolute atomic E-state index is 13.0. The molecule has 1 aromatic carbocycles. The Bertz CT molecular complexity index is 845. The molecule has 6 nitrogen and oxygen atoms in total. The van der Waals surface area contributed by atoms with Crippen molar-refractivity contribution in [3.63, 3.8) is 0 Å². The molecule has 158 valence electrons. The number of ketones is 1. The lowest BCUT2D eigenvalue weighted by atomic mass is 9.81. The fourth-order valence-corrected chi connectivity index (χ4v) is 6.32. The first-order valence-electron chi connectivity index (χ1n) is 11.2. The zero-order valence-electron chi connectivity index (χ0n) is 17.0. The highest BCUT2D eigenvalue weighted by Crippen LogP contribution is 2.56. The van der Waals surface area contributed by atoms with E-state index in [1.54, 1.807) is 29.2 Å². The van der Waals surface area contributed by atoms with Crippen molar-refractivity contribution >= 4 is 23.6 Å². The molecule has 2 amide bonds. The molecule has 6 heteroatoms. The highest BCUT2D eigenvalue weighted by atomic mass is 16.5. The number of ether oxygens (including phenoxy) is 1. The fourth-order valence-electron chi connectivity index (χ4n) is 6.32. The molecule has 1 heterocycles. The van der Waals surface area contributed by atoms with E-state index in [0.717, 1.165) is 19.3 Å². The maximum Gasteiger partial charge on any atom is 0.309 e. The van der Waals surface area contributed by atoms with Crippen molar-refractivity contribution in [3.05, 3.63) is 35.9 Å². The molecule has 5 rings (SSSR count). The first-order valence-corrected chi connectivity index (χ1v) is 11.2. The van der Waals surface area contributed by atoms with Gasteiger partial charge >= 0.3 is 5.97 Å². The van der Waals surface area contributed by atoms with Crippen LogP contribution in [0.1, 0.15) is 55.3 Å². The zero-order chi connectivity index (χ0) is 20.8. The van der Waals surface area contributed by atoms with Crippen LogP contribution in [0.25, 0.3) is 0 Å². The van der Waals surface area contributed by atoms with Gasteiger partial charge in [0.25, 0.3) is 0 Å². The summed E-state index contributed by atoms with van der Waals surface area (Å²) >= 11 is 0. The number of hydrogen-bond acceptors (Lipinski definition) is 5. The monoisotopic (exact) mass is 409 g/mol. The number of nitrogens with zero attached hydrogens (tertiary/aromatic N) is 1. The maximum atomic E-state index is 13.0. The molecule has 4 fully saturated rings. The Morgan fingerprint density at radius 2 is 1.47 bits per heavy atom. The predicted molar refractivity (Wildman–Crippen MR) is 107 cm³/mol. The van der Waals surface area contributed by atoms with E-state index in [2.05, 4.69) is 0 Å². The van der Waals surface area contributed by atoms with Gasteiger partial charge in [0.15, 0.2) is 12.4 Å². The number of fused-ring (bicyclic) bond motifs is 5. The first-order chi connectivity index (χ1) is 14.5. The largest absolute Gasteiger partial charge is 0.457 e. The lowest BCUT2D eigenvalue weighted by molar-refractivity contribution is -0.149. The van der Waals surface area contributed by atoms with Gasteiger partial charge in [-0.2, -0.15) is 0 Å². The third kappa shape index (κ3) is 3.17. The summed E-state index contributed by atoms with van der Waals surface area (Å²) in [7, 11) is 0. The molecule has 3 aliphatic carbocycles. The predicted octanol–water partition coefficient (Wildman–Crippen LogP) is 3.00. The zero-order valence-corrected chi connectivity index (χ0v) is 17.0. The molecule has 0 aromatic heterocycles. The van der Waals surface area contributed by atoms with Crippen molar-refractivity contribution in [2.45, 2.75) is 51.0 Å². The summed E-state index contributed by atoms with van der Waals surface area (Å²) in [6.07, 6.45) is 5.65. The molecule has 1 aliphatic heterocycles. The van der Waals surface area contributed by atoms with Gasteiger partial charge in [0, 0.05) is 11.6 Å². The van der Waals surface area contributed by atoms with E-state index >= 15 is 0 Å². The molecule has 0 N–H and O–H groups in total. The number of amides is 2. The highest BCUT2D eigenvalue weighted by Gasteiger charge is 2.61. The summed E-state index contributed by atoms with van der Waals surface area (Å²) < 4.78 is 5.26. The van der Waals surface area contributed by atoms with Gasteiger partial charge in [-0.05, 0) is 56.8 Å². The SMILES string of the molecule is O=C(COC(=O)C1CCC(N2C(=O)[C@@H]3[C@H]4CC[C@@H](C4)[C@@H]3C2=O)CC1)c1ccccc1. The summed E-state index contributed by atoms with van der Waals surface area (Å²) in [4.78, 5) is 52.1. The first kappa shape index (κ1) is 19.5. The van der Waals surface area contributed by atoms with Crippen molar-refractivity contribution in [1.82, 2.24) is 4.90 Å². The average Bonchev–Trinajstić information content (AvgIpc) is 3.46. The summed E-state index contributed by atoms with van der Waals surface area (Å²) in [5.74, 6) is -0.129. The van der Waals surface area contributed by atoms with Crippen LogP contribution in [0.3, 0.4) is 0 Å². The average molecular weight is 409 g/mol. The van der Waals surface area contributed by atoms with E-state index in [4.69, 9.17) is 4.74 Å². The smallest absolute Gasteiger partial charge is 0.309 e. The van der Waals surface area contributed by atoms with Crippen molar-refractivity contribution < 1.29 is 23.9 Å². The van der Waals surface area contributed by atoms with Crippen LogP contribution in [-0.4, -0.2) is 41.1 Å². The van der Waals surface area contributed by atoms with Crippen molar-refractivity contribution in [2.24, 2.45) is 29.6 Å². The Kier molecular flexibility index (Phi) is 4.95. The van der Waals surface area contributed by atoms with Crippen LogP contribution in [0.4, 0.5) is 0 Å². The number of likely N-dealkylation sites (tertiary alicyclic amines) is 1. The third-order valence-electron chi connectivity index (χ3n) is 7.80. The number of carbonyl (C=O) groups excluding carboxylic acids is 4. The molecule has 0 unspecified atom stereocenters. The third-order valence-corrected chi connectivity index (χ3v) is 7.80. The summed E-state index contributed by atoms with van der Waals surface area (Å²) in [6.45, 7) is -0.252. The minimum absolute atomic E-state index is 0.0386. The molecule has 2 bridgehead atoms. The van der Waals surface area contributed by atoms with Crippen LogP contribution >= 0.6 is 0 Å². The quantitative estimate of drug-likeness (QED) is 0.424. The number of Topliss-reactive ketones (excluding diaryl/α,β-unsaturated/α-hetero) is 1. The van der Waals surface area contributed by atoms with E-state index in [-0.39, 0.29) is 54.0 Å². The molecule has 4 atom stereocenters. The highest BCUT2D eigenvalue weighted by molar-refractivity contribution is 6.06. The van der Waals surface area contributed by atoms with Crippen molar-refractivity contribution in [3.8, 4) is 0 Å². The number of rotatable bonds is 5. The minimum Gasteiger partial charge on any atom is -0.457 e. The van der Waals surface area contributed by atoms with E-state index in [1.807, 2.05) is 6.07 Å². The Hall–Kier alpha value is -2.50. The number of hydrogen-bond donors (Lipinski definition) is 0. The Morgan fingerprint density at radius 1 is 0.867 bits per heavy atom. The van der Waals surface area contributed by atoms with Crippen molar-refractivity contribution in [2.75, 3.05) is 6.61 Å². The van der Waals surface area contributed by atoms with Gasteiger partial charge in [-0.15, -0.1) is 0 Å². The van der Waals surface area contributed by atoms with Crippen LogP contribution in [0.5, 0.6) is 0 Å². The van der Waals surface area contributed by atoms with Crippen molar-refractivity contribution in [1.29, 1.82) is 0 Å². The van der Waals surface area contributed by atoms with Gasteiger partial charge in [-0.3, -0.25) is 24.1 Å². The van der Waals surface area contributed by atoms with Crippen LogP contribution < -0.4 is 0 Å². The van der Waals surface area contributed by atoms with Gasteiger partial charge in [0.1, 0.15) is 0 Å². The van der Waals surface area contributed by atoms with E-state index in [1.165, 1.54) is 0 Å². The normalized spacial score (nSPS) is 34.9. The van der Waals surface area contributed by atoms with Gasteiger partial charge in [0.05, 0.1) is 17.8 Å². The van der Waals surface area contributed by atoms with E-state index in [0.29, 0.717) is 43.1 Å². The second-order valence-electron chi connectivity index (χ2n) is 9.33. The second-order valence-corrected chi connectivity index (χ2v) is 9.33. The minimum atomic E-state index is -0.355. The lowest BCUT2D eigenvalue weighted by Gasteiger charge is -2.33. The van der Waals surface area contributed by atoms with Crippen LogP contribution in [0.2, 0.25) is 0 Å². The van der Waals surface area contributed by atoms with Crippen LogP contribution in [0, 0.1) is 29.6 Å². The Labute approximate surface area is 175 Å². The second kappa shape index (κ2) is 7.64. The molecular formula is C24H27NO5. The van der Waals surface area contributed by atoms with Gasteiger partial charge in [-0.1, -0.05) is 30.3 Å². The van der Waals surface area contributed by atoms with E-state index < -0.39 is 0 Å². The molecule has 30 heavy (non-hydrogen) atoms. The summed E-state index contributed by atoms with van der Waals surface area (Å²) in [5.41, 5.74) is 0.527. The van der Waals surface area contributed by atoms with Crippen LogP contribution in [-0.2, 0) is 19.1 Å². The molecule has 0 spiro atoms. The molecule has 1 saturated heterocycles. The molecule has 1 aromatic rings. The summed E-state index contributed by atoms with van der Waals surface area (Å²) in [5, 5.41) is 0. The Balaban J connectivity index is 1.14. The van der Waals surface area contributed by atoms with Gasteiger partial charge in [-0.25, -0.2) is 0 Å². The fraction of sp³-hybridized carbons (Fsp3) is 0.583. The molecule has 4 aliphatic rings. The lowest BCUT2D eigenvalue weighted by Crippen LogP contribution is -2.44.